The zero-order valence-corrected chi connectivity index (χ0v) is 15.8. The highest BCUT2D eigenvalue weighted by molar-refractivity contribution is 7.99. The quantitative estimate of drug-likeness (QED) is 0.834. The summed E-state index contributed by atoms with van der Waals surface area (Å²) in [7, 11) is 0. The van der Waals surface area contributed by atoms with Crippen LogP contribution in [-0.4, -0.2) is 51.8 Å². The van der Waals surface area contributed by atoms with Crippen molar-refractivity contribution in [2.75, 3.05) is 18.8 Å². The minimum atomic E-state index is 0.0982. The third kappa shape index (κ3) is 4.86. The van der Waals surface area contributed by atoms with Crippen LogP contribution in [-0.2, 0) is 16.0 Å². The summed E-state index contributed by atoms with van der Waals surface area (Å²) in [5, 5.41) is 0.811. The van der Waals surface area contributed by atoms with E-state index in [4.69, 9.17) is 4.74 Å². The Hall–Kier alpha value is -1.79. The van der Waals surface area contributed by atoms with Crippen LogP contribution < -0.4 is 0 Å². The van der Waals surface area contributed by atoms with Gasteiger partial charge in [0.05, 0.1) is 23.7 Å². The van der Waals surface area contributed by atoms with Crippen LogP contribution in [0.3, 0.4) is 0 Å². The van der Waals surface area contributed by atoms with Gasteiger partial charge in [-0.25, -0.2) is 4.98 Å². The Morgan fingerprint density at radius 1 is 1.28 bits per heavy atom. The summed E-state index contributed by atoms with van der Waals surface area (Å²) in [6.45, 7) is 7.38. The number of carbonyl (C=O) groups is 1. The van der Waals surface area contributed by atoms with E-state index in [1.807, 2.05) is 43.9 Å². The molecule has 134 valence electrons. The molecule has 25 heavy (non-hydrogen) atoms. The normalized spacial score (nSPS) is 20.7. The van der Waals surface area contributed by atoms with Crippen molar-refractivity contribution in [3.8, 4) is 0 Å². The predicted octanol–water partition coefficient (Wildman–Crippen LogP) is 3.04. The zero-order valence-electron chi connectivity index (χ0n) is 15.0. The molecule has 1 fully saturated rings. The average molecular weight is 359 g/mol. The molecule has 0 radical (unpaired) electrons. The zero-order chi connectivity index (χ0) is 17.8. The fourth-order valence-corrected chi connectivity index (χ4v) is 3.94. The average Bonchev–Trinajstić information content (AvgIpc) is 2.92. The largest absolute Gasteiger partial charge is 0.372 e. The molecule has 6 heteroatoms. The van der Waals surface area contributed by atoms with Crippen LogP contribution in [0, 0.1) is 6.92 Å². The first kappa shape index (κ1) is 18.0. The fourth-order valence-electron chi connectivity index (χ4n) is 3.10. The van der Waals surface area contributed by atoms with E-state index in [-0.39, 0.29) is 18.1 Å². The second-order valence-electron chi connectivity index (χ2n) is 6.62. The van der Waals surface area contributed by atoms with E-state index < -0.39 is 0 Å². The molecule has 1 aromatic heterocycles. The first-order chi connectivity index (χ1) is 12.0. The van der Waals surface area contributed by atoms with Crippen molar-refractivity contribution in [3.05, 3.63) is 47.3 Å². The number of thioether (sulfide) groups is 1. The van der Waals surface area contributed by atoms with Gasteiger partial charge < -0.3 is 14.6 Å². The minimum absolute atomic E-state index is 0.0982. The number of imidazole rings is 1. The summed E-state index contributed by atoms with van der Waals surface area (Å²) in [5.41, 5.74) is 3.34. The number of ether oxygens (including phenoxy) is 1. The molecule has 2 aromatic rings. The molecular weight excluding hydrogens is 334 g/mol. The Kier molecular flexibility index (Phi) is 5.81. The second kappa shape index (κ2) is 8.06. The molecular formula is C19H25N3O2S. The van der Waals surface area contributed by atoms with Gasteiger partial charge in [-0.3, -0.25) is 4.79 Å². The topological polar surface area (TPSA) is 58.2 Å². The van der Waals surface area contributed by atoms with E-state index in [2.05, 4.69) is 22.1 Å². The summed E-state index contributed by atoms with van der Waals surface area (Å²) in [4.78, 5) is 22.3. The summed E-state index contributed by atoms with van der Waals surface area (Å²) >= 11 is 1.47. The van der Waals surface area contributed by atoms with Gasteiger partial charge in [-0.15, -0.1) is 0 Å². The smallest absolute Gasteiger partial charge is 0.233 e. The Labute approximate surface area is 153 Å². The Morgan fingerprint density at radius 3 is 2.64 bits per heavy atom. The number of hydrogen-bond acceptors (Lipinski definition) is 4. The van der Waals surface area contributed by atoms with Gasteiger partial charge in [0.25, 0.3) is 0 Å². The van der Waals surface area contributed by atoms with Gasteiger partial charge in [-0.1, -0.05) is 42.1 Å². The third-order valence-corrected chi connectivity index (χ3v) is 5.14. The van der Waals surface area contributed by atoms with Crippen LogP contribution in [0.1, 0.15) is 30.8 Å². The Balaban J connectivity index is 1.56. The molecule has 5 nitrogen and oxygen atoms in total. The number of morpholine rings is 1. The van der Waals surface area contributed by atoms with Crippen molar-refractivity contribution < 1.29 is 9.53 Å². The van der Waals surface area contributed by atoms with E-state index in [1.54, 1.807) is 0 Å². The number of aromatic nitrogens is 2. The van der Waals surface area contributed by atoms with Gasteiger partial charge in [0.2, 0.25) is 5.91 Å². The number of hydrogen-bond donors (Lipinski definition) is 1. The number of carbonyl (C=O) groups excluding carboxylic acids is 1. The maximum atomic E-state index is 12.5. The van der Waals surface area contributed by atoms with Crippen LogP contribution in [0.2, 0.25) is 0 Å². The number of rotatable bonds is 5. The minimum Gasteiger partial charge on any atom is -0.372 e. The molecule has 3 rings (SSSR count). The highest BCUT2D eigenvalue weighted by Gasteiger charge is 2.25. The summed E-state index contributed by atoms with van der Waals surface area (Å²) < 4.78 is 5.69. The molecule has 0 saturated carbocycles. The molecule has 2 unspecified atom stereocenters. The van der Waals surface area contributed by atoms with E-state index in [1.165, 1.54) is 17.3 Å². The molecule has 1 N–H and O–H groups in total. The number of nitrogens with zero attached hydrogens (tertiary/aromatic N) is 2. The number of amides is 1. The first-order valence-electron chi connectivity index (χ1n) is 8.66. The van der Waals surface area contributed by atoms with Crippen LogP contribution in [0.25, 0.3) is 0 Å². The molecule has 2 atom stereocenters. The number of aryl methyl sites for hydroxylation is 1. The molecule has 2 heterocycles. The monoisotopic (exact) mass is 359 g/mol. The van der Waals surface area contributed by atoms with Crippen LogP contribution in [0.5, 0.6) is 0 Å². The van der Waals surface area contributed by atoms with Gasteiger partial charge in [-0.05, 0) is 26.3 Å². The van der Waals surface area contributed by atoms with Crippen molar-refractivity contribution in [1.29, 1.82) is 0 Å². The number of H-pyrrole nitrogens is 1. The van der Waals surface area contributed by atoms with Crippen molar-refractivity contribution >= 4 is 17.7 Å². The second-order valence-corrected chi connectivity index (χ2v) is 7.58. The van der Waals surface area contributed by atoms with E-state index in [9.17, 15) is 4.79 Å². The highest BCUT2D eigenvalue weighted by Crippen LogP contribution is 2.20. The molecule has 1 amide bonds. The van der Waals surface area contributed by atoms with Gasteiger partial charge >= 0.3 is 0 Å². The maximum Gasteiger partial charge on any atom is 0.233 e. The molecule has 1 aliphatic rings. The molecule has 0 spiro atoms. The van der Waals surface area contributed by atoms with Crippen LogP contribution in [0.15, 0.2) is 35.5 Å². The molecule has 1 aliphatic heterocycles. The number of nitrogens with one attached hydrogen (secondary N) is 1. The van der Waals surface area contributed by atoms with Crippen molar-refractivity contribution in [2.24, 2.45) is 0 Å². The molecule has 0 aliphatic carbocycles. The fraction of sp³-hybridized carbons (Fsp3) is 0.474. The lowest BCUT2D eigenvalue weighted by Gasteiger charge is -2.35. The lowest BCUT2D eigenvalue weighted by atomic mass is 10.1. The van der Waals surface area contributed by atoms with E-state index in [0.717, 1.165) is 23.0 Å². The highest BCUT2D eigenvalue weighted by atomic mass is 32.2. The van der Waals surface area contributed by atoms with Crippen molar-refractivity contribution in [2.45, 2.75) is 44.6 Å². The van der Waals surface area contributed by atoms with Crippen LogP contribution >= 0.6 is 11.8 Å². The van der Waals surface area contributed by atoms with Crippen molar-refractivity contribution in [3.63, 3.8) is 0 Å². The third-order valence-electron chi connectivity index (χ3n) is 4.28. The molecule has 1 aromatic carbocycles. The predicted molar refractivity (Wildman–Crippen MR) is 99.9 cm³/mol. The summed E-state index contributed by atoms with van der Waals surface area (Å²) in [6.07, 6.45) is 0.998. The van der Waals surface area contributed by atoms with E-state index >= 15 is 0 Å². The van der Waals surface area contributed by atoms with Crippen LogP contribution in [0.4, 0.5) is 0 Å². The van der Waals surface area contributed by atoms with E-state index in [0.29, 0.717) is 18.8 Å². The molecule has 1 saturated heterocycles. The number of aromatic amines is 1. The van der Waals surface area contributed by atoms with Gasteiger partial charge in [0.1, 0.15) is 0 Å². The first-order valence-corrected chi connectivity index (χ1v) is 9.65. The van der Waals surface area contributed by atoms with Gasteiger partial charge in [0, 0.05) is 25.2 Å². The Morgan fingerprint density at radius 2 is 1.96 bits per heavy atom. The standard InChI is InChI=1S/C19H25N3O2S/c1-13-10-22(11-14(2)24-13)18(23)12-25-19-20-15(3)17(21-19)9-16-7-5-4-6-8-16/h4-8,13-14H,9-12H2,1-3H3,(H,20,21). The lowest BCUT2D eigenvalue weighted by molar-refractivity contribution is -0.140. The SMILES string of the molecule is Cc1[nH]c(SCC(=O)N2CC(C)OC(C)C2)nc1Cc1ccccc1. The maximum absolute atomic E-state index is 12.5. The van der Waals surface area contributed by atoms with Crippen molar-refractivity contribution in [1.82, 2.24) is 14.9 Å². The summed E-state index contributed by atoms with van der Waals surface area (Å²) in [5.74, 6) is 0.544. The lowest BCUT2D eigenvalue weighted by Crippen LogP contribution is -2.48. The van der Waals surface area contributed by atoms with Gasteiger partial charge in [0.15, 0.2) is 5.16 Å². The molecule has 0 bridgehead atoms. The van der Waals surface area contributed by atoms with Gasteiger partial charge in [-0.2, -0.15) is 0 Å². The number of benzene rings is 1. The summed E-state index contributed by atoms with van der Waals surface area (Å²) in [6, 6.07) is 10.3. The Bertz CT molecular complexity index is 707.